The molecular weight excluding hydrogens is 375 g/mol. The molecule has 5 nitrogen and oxygen atoms in total. The first-order valence-corrected chi connectivity index (χ1v) is 9.90. The Morgan fingerprint density at radius 3 is 2.38 bits per heavy atom. The summed E-state index contributed by atoms with van der Waals surface area (Å²) in [5, 5.41) is 0. The van der Waals surface area contributed by atoms with Crippen LogP contribution in [0.4, 0.5) is 4.39 Å². The van der Waals surface area contributed by atoms with Crippen LogP contribution in [0.2, 0.25) is 0 Å². The molecule has 0 saturated heterocycles. The highest BCUT2D eigenvalue weighted by molar-refractivity contribution is 5.89. The normalized spacial score (nSPS) is 18.7. The Morgan fingerprint density at radius 2 is 1.72 bits per heavy atom. The van der Waals surface area contributed by atoms with E-state index in [2.05, 4.69) is 0 Å². The minimum atomic E-state index is -0.715. The fourth-order valence-electron chi connectivity index (χ4n) is 3.40. The molecule has 0 aromatic heterocycles. The van der Waals surface area contributed by atoms with Crippen LogP contribution in [0.5, 0.6) is 5.75 Å². The van der Waals surface area contributed by atoms with Gasteiger partial charge in [0.1, 0.15) is 18.2 Å². The molecule has 0 bridgehead atoms. The highest BCUT2D eigenvalue weighted by Gasteiger charge is 2.28. The van der Waals surface area contributed by atoms with Crippen molar-refractivity contribution in [2.24, 2.45) is 5.92 Å². The lowest BCUT2D eigenvalue weighted by molar-refractivity contribution is -0.149. The van der Waals surface area contributed by atoms with Crippen LogP contribution in [0.15, 0.2) is 48.5 Å². The molecule has 0 spiro atoms. The fraction of sp³-hybridized carbons (Fsp3) is 0.391. The second-order valence-electron chi connectivity index (χ2n) is 7.05. The summed E-state index contributed by atoms with van der Waals surface area (Å²) in [7, 11) is 0. The first-order valence-electron chi connectivity index (χ1n) is 9.90. The molecule has 0 aliphatic heterocycles. The van der Waals surface area contributed by atoms with Crippen molar-refractivity contribution in [3.8, 4) is 5.75 Å². The molecule has 2 aromatic carbocycles. The Hall–Kier alpha value is -2.89. The largest absolute Gasteiger partial charge is 0.490 e. The Balaban J connectivity index is 1.52. The van der Waals surface area contributed by atoms with Crippen molar-refractivity contribution in [3.63, 3.8) is 0 Å². The second-order valence-corrected chi connectivity index (χ2v) is 7.05. The van der Waals surface area contributed by atoms with Crippen molar-refractivity contribution in [2.75, 3.05) is 6.61 Å². The van der Waals surface area contributed by atoms with E-state index in [4.69, 9.17) is 14.2 Å². The van der Waals surface area contributed by atoms with Crippen LogP contribution in [0.25, 0.3) is 0 Å². The van der Waals surface area contributed by atoms with Crippen molar-refractivity contribution in [3.05, 3.63) is 65.5 Å². The van der Waals surface area contributed by atoms with Crippen LogP contribution < -0.4 is 4.74 Å². The molecule has 29 heavy (non-hydrogen) atoms. The maximum absolute atomic E-state index is 14.4. The molecule has 1 saturated carbocycles. The monoisotopic (exact) mass is 400 g/mol. The summed E-state index contributed by atoms with van der Waals surface area (Å²) >= 11 is 0. The molecule has 1 aliphatic carbocycles. The summed E-state index contributed by atoms with van der Waals surface area (Å²) in [4.78, 5) is 23.9. The minimum Gasteiger partial charge on any atom is -0.490 e. The molecule has 0 N–H and O–H groups in total. The number of hydrogen-bond acceptors (Lipinski definition) is 5. The molecular formula is C23H25FO5. The van der Waals surface area contributed by atoms with E-state index in [-0.39, 0.29) is 30.2 Å². The van der Waals surface area contributed by atoms with Gasteiger partial charge >= 0.3 is 11.9 Å². The van der Waals surface area contributed by atoms with Gasteiger partial charge in [0.2, 0.25) is 0 Å². The minimum absolute atomic E-state index is 0.0844. The van der Waals surface area contributed by atoms with Gasteiger partial charge in [0, 0.05) is 6.07 Å². The highest BCUT2D eigenvalue weighted by atomic mass is 19.1. The van der Waals surface area contributed by atoms with Crippen LogP contribution in [0, 0.1) is 11.7 Å². The lowest BCUT2D eigenvalue weighted by atomic mass is 9.87. The van der Waals surface area contributed by atoms with Crippen LogP contribution in [-0.2, 0) is 20.9 Å². The Labute approximate surface area is 169 Å². The summed E-state index contributed by atoms with van der Waals surface area (Å²) in [5.74, 6) is -1.28. The van der Waals surface area contributed by atoms with Gasteiger partial charge < -0.3 is 14.2 Å². The van der Waals surface area contributed by atoms with E-state index in [9.17, 15) is 14.0 Å². The molecule has 0 unspecified atom stereocenters. The van der Waals surface area contributed by atoms with Crippen molar-refractivity contribution in [1.29, 1.82) is 0 Å². The SMILES string of the molecule is CCOC(=O)[C@H]1CC[C@@H](Oc2ccc(C(=O)OCc3ccccc3)c(F)c2)CC1. The number of halogens is 1. The van der Waals surface area contributed by atoms with E-state index in [1.165, 1.54) is 12.1 Å². The van der Waals surface area contributed by atoms with Gasteiger partial charge in [0.25, 0.3) is 0 Å². The zero-order valence-corrected chi connectivity index (χ0v) is 16.4. The van der Waals surface area contributed by atoms with Crippen molar-refractivity contribution < 1.29 is 28.2 Å². The molecule has 3 rings (SSSR count). The maximum atomic E-state index is 14.4. The van der Waals surface area contributed by atoms with Gasteiger partial charge in [-0.05, 0) is 50.3 Å². The van der Waals surface area contributed by atoms with E-state index in [0.29, 0.717) is 38.0 Å². The molecule has 0 amide bonds. The Bertz CT molecular complexity index is 828. The van der Waals surface area contributed by atoms with Crippen LogP contribution in [0.3, 0.4) is 0 Å². The van der Waals surface area contributed by atoms with E-state index in [1.807, 2.05) is 30.3 Å². The zero-order valence-electron chi connectivity index (χ0n) is 16.4. The number of hydrogen-bond donors (Lipinski definition) is 0. The average molecular weight is 400 g/mol. The Morgan fingerprint density at radius 1 is 1.00 bits per heavy atom. The van der Waals surface area contributed by atoms with Gasteiger partial charge in [0.05, 0.1) is 24.2 Å². The average Bonchev–Trinajstić information content (AvgIpc) is 2.73. The van der Waals surface area contributed by atoms with E-state index in [1.54, 1.807) is 13.0 Å². The third-order valence-corrected chi connectivity index (χ3v) is 4.97. The molecule has 2 aromatic rings. The number of ether oxygens (including phenoxy) is 3. The zero-order chi connectivity index (χ0) is 20.6. The van der Waals surface area contributed by atoms with E-state index >= 15 is 0 Å². The van der Waals surface area contributed by atoms with Crippen LogP contribution >= 0.6 is 0 Å². The van der Waals surface area contributed by atoms with Gasteiger partial charge in [-0.1, -0.05) is 30.3 Å². The summed E-state index contributed by atoms with van der Waals surface area (Å²) in [6.45, 7) is 2.26. The third kappa shape index (κ3) is 5.79. The number of benzene rings is 2. The molecule has 1 fully saturated rings. The lowest BCUT2D eigenvalue weighted by Crippen LogP contribution is -2.29. The molecule has 6 heteroatoms. The van der Waals surface area contributed by atoms with Crippen LogP contribution in [0.1, 0.15) is 48.5 Å². The number of esters is 2. The highest BCUT2D eigenvalue weighted by Crippen LogP contribution is 2.29. The predicted molar refractivity (Wildman–Crippen MR) is 105 cm³/mol. The first-order chi connectivity index (χ1) is 14.1. The number of carbonyl (C=O) groups excluding carboxylic acids is 2. The topological polar surface area (TPSA) is 61.8 Å². The molecule has 0 heterocycles. The van der Waals surface area contributed by atoms with Gasteiger partial charge in [-0.15, -0.1) is 0 Å². The smallest absolute Gasteiger partial charge is 0.341 e. The summed E-state index contributed by atoms with van der Waals surface area (Å²) in [5.41, 5.74) is 0.707. The summed E-state index contributed by atoms with van der Waals surface area (Å²) < 4.78 is 30.5. The molecule has 0 radical (unpaired) electrons. The van der Waals surface area contributed by atoms with E-state index in [0.717, 1.165) is 5.56 Å². The third-order valence-electron chi connectivity index (χ3n) is 4.97. The Kier molecular flexibility index (Phi) is 7.22. The van der Waals surface area contributed by atoms with Gasteiger partial charge in [0.15, 0.2) is 0 Å². The summed E-state index contributed by atoms with van der Waals surface area (Å²) in [6, 6.07) is 13.4. The standard InChI is InChI=1S/C23H25FO5/c1-2-27-22(25)17-8-10-18(11-9-17)29-19-12-13-20(21(24)14-19)23(26)28-15-16-6-4-3-5-7-16/h3-7,12-14,17-18H,2,8-11,15H2,1H3/t17-,18+. The first kappa shape index (κ1) is 20.8. The number of carbonyl (C=O) groups is 2. The van der Waals surface area contributed by atoms with E-state index < -0.39 is 11.8 Å². The summed E-state index contributed by atoms with van der Waals surface area (Å²) in [6.07, 6.45) is 2.69. The molecule has 154 valence electrons. The van der Waals surface area contributed by atoms with Crippen molar-refractivity contribution in [2.45, 2.75) is 45.3 Å². The quantitative estimate of drug-likeness (QED) is 0.632. The van der Waals surface area contributed by atoms with Gasteiger partial charge in [-0.3, -0.25) is 4.79 Å². The lowest BCUT2D eigenvalue weighted by Gasteiger charge is -2.27. The molecule has 0 atom stereocenters. The number of rotatable bonds is 7. The van der Waals surface area contributed by atoms with Gasteiger partial charge in [-0.25, -0.2) is 9.18 Å². The van der Waals surface area contributed by atoms with Gasteiger partial charge in [-0.2, -0.15) is 0 Å². The predicted octanol–water partition coefficient (Wildman–Crippen LogP) is 4.68. The van der Waals surface area contributed by atoms with Crippen LogP contribution in [-0.4, -0.2) is 24.6 Å². The fourth-order valence-corrected chi connectivity index (χ4v) is 3.40. The van der Waals surface area contributed by atoms with Crippen molar-refractivity contribution in [1.82, 2.24) is 0 Å². The second kappa shape index (κ2) is 10.0. The maximum Gasteiger partial charge on any atom is 0.341 e. The molecule has 1 aliphatic rings. The van der Waals surface area contributed by atoms with Crippen molar-refractivity contribution >= 4 is 11.9 Å².